The number of alkyl halides is 2. The van der Waals surface area contributed by atoms with Crippen LogP contribution in [0, 0.1) is 28.6 Å². The van der Waals surface area contributed by atoms with E-state index in [1.165, 1.54) is 33.1 Å². The van der Waals surface area contributed by atoms with E-state index in [9.17, 15) is 19.5 Å². The van der Waals surface area contributed by atoms with E-state index in [0.717, 1.165) is 6.08 Å². The molecule has 3 fully saturated rings. The Hall–Kier alpha value is -2.09. The van der Waals surface area contributed by atoms with Crippen molar-refractivity contribution in [1.29, 1.82) is 0 Å². The minimum Gasteiger partial charge on any atom is -0.466 e. The summed E-state index contributed by atoms with van der Waals surface area (Å²) >= 11 is 0. The van der Waals surface area contributed by atoms with Gasteiger partial charge in [0.25, 0.3) is 0 Å². The Balaban J connectivity index is 1.89. The molecule has 0 amide bonds. The Morgan fingerprint density at radius 2 is 1.88 bits per heavy atom. The molecule has 8 heteroatoms. The molecule has 0 aliphatic heterocycles. The Morgan fingerprint density at radius 3 is 2.47 bits per heavy atom. The minimum absolute atomic E-state index is 0.0386. The lowest BCUT2D eigenvalue weighted by atomic mass is 9.44. The van der Waals surface area contributed by atoms with Gasteiger partial charge in [0.05, 0.1) is 13.2 Å². The summed E-state index contributed by atoms with van der Waals surface area (Å²) in [5.74, 6) is -3.91. The molecule has 3 saturated carbocycles. The molecule has 0 spiro atoms. The van der Waals surface area contributed by atoms with Crippen molar-refractivity contribution in [3.8, 4) is 0 Å². The zero-order chi connectivity index (χ0) is 23.9. The van der Waals surface area contributed by atoms with Gasteiger partial charge < -0.3 is 14.6 Å². The van der Waals surface area contributed by atoms with Gasteiger partial charge in [-0.1, -0.05) is 19.9 Å². The number of halogens is 2. The van der Waals surface area contributed by atoms with Crippen LogP contribution in [0.2, 0.25) is 0 Å². The molecular formula is C24H30F2O6. The first-order chi connectivity index (χ1) is 14.8. The zero-order valence-corrected chi connectivity index (χ0v) is 19.0. The number of fused-ring (bicyclic) bond motifs is 5. The highest BCUT2D eigenvalue weighted by atomic mass is 19.1. The van der Waals surface area contributed by atoms with E-state index < -0.39 is 69.9 Å². The highest BCUT2D eigenvalue weighted by Crippen LogP contribution is 2.71. The molecule has 0 unspecified atom stereocenters. The SMILES string of the molecule is COC(=O)[C@@]1(OC(C)=O)[C@@H](C)C[C@H]2[C@@H]3C[C@H](F)C4=CC(=O)C=C[C@]4(C)[C@@]3(F)[C@@H](O)C[C@@]21C. The Kier molecular flexibility index (Phi) is 5.02. The van der Waals surface area contributed by atoms with Crippen LogP contribution >= 0.6 is 0 Å². The predicted molar refractivity (Wildman–Crippen MR) is 110 cm³/mol. The third-order valence-corrected chi connectivity index (χ3v) is 8.96. The number of allylic oxidation sites excluding steroid dienone is 4. The van der Waals surface area contributed by atoms with E-state index in [1.54, 1.807) is 13.8 Å². The van der Waals surface area contributed by atoms with Crippen molar-refractivity contribution in [1.82, 2.24) is 0 Å². The van der Waals surface area contributed by atoms with Crippen molar-refractivity contribution in [2.24, 2.45) is 28.6 Å². The molecule has 4 aliphatic carbocycles. The highest BCUT2D eigenvalue weighted by Gasteiger charge is 2.78. The summed E-state index contributed by atoms with van der Waals surface area (Å²) in [6, 6.07) is 0. The molecule has 0 heterocycles. The highest BCUT2D eigenvalue weighted by molar-refractivity contribution is 6.01. The van der Waals surface area contributed by atoms with Gasteiger partial charge >= 0.3 is 11.9 Å². The summed E-state index contributed by atoms with van der Waals surface area (Å²) in [6.07, 6.45) is 0.443. The van der Waals surface area contributed by atoms with Crippen LogP contribution in [-0.4, -0.2) is 53.5 Å². The standard InChI is InChI=1S/C24H30F2O6/c1-12-8-15-16-10-18(25)17-9-14(28)6-7-21(17,3)23(16,26)19(29)11-22(15,4)24(12,20(30)31-5)32-13(2)27/h6-7,9,12,15-16,18-19,29H,8,10-11H2,1-5H3/t12-,15-,16-,18-,19-,21-,22-,23-,24-/m0/s1. The van der Waals surface area contributed by atoms with Gasteiger partial charge in [-0.05, 0) is 49.8 Å². The van der Waals surface area contributed by atoms with Crippen LogP contribution in [0.15, 0.2) is 23.8 Å². The van der Waals surface area contributed by atoms with Gasteiger partial charge in [0.1, 0.15) is 6.17 Å². The Labute approximate surface area is 186 Å². The summed E-state index contributed by atoms with van der Waals surface area (Å²) in [5.41, 5.74) is -6.62. The van der Waals surface area contributed by atoms with Gasteiger partial charge in [0.2, 0.25) is 5.60 Å². The maximum atomic E-state index is 17.1. The van der Waals surface area contributed by atoms with Gasteiger partial charge in [-0.15, -0.1) is 0 Å². The molecule has 6 nitrogen and oxygen atoms in total. The predicted octanol–water partition coefficient (Wildman–Crippen LogP) is 3.03. The van der Waals surface area contributed by atoms with E-state index in [0.29, 0.717) is 6.42 Å². The number of aliphatic hydroxyl groups excluding tert-OH is 1. The lowest BCUT2D eigenvalue weighted by molar-refractivity contribution is -0.237. The number of carbonyl (C=O) groups excluding carboxylic acids is 3. The molecule has 0 saturated heterocycles. The summed E-state index contributed by atoms with van der Waals surface area (Å²) in [5, 5.41) is 11.3. The van der Waals surface area contributed by atoms with E-state index >= 15 is 8.78 Å². The number of carbonyl (C=O) groups is 3. The van der Waals surface area contributed by atoms with Crippen LogP contribution in [0.3, 0.4) is 0 Å². The van der Waals surface area contributed by atoms with Crippen LogP contribution in [0.4, 0.5) is 8.78 Å². The maximum Gasteiger partial charge on any atom is 0.351 e. The first-order valence-corrected chi connectivity index (χ1v) is 11.0. The maximum absolute atomic E-state index is 17.1. The molecule has 4 aliphatic rings. The number of hydrogen-bond donors (Lipinski definition) is 1. The number of methoxy groups -OCH3 is 1. The summed E-state index contributed by atoms with van der Waals surface area (Å²) in [6.45, 7) is 6.14. The molecule has 0 bridgehead atoms. The molecule has 0 aromatic heterocycles. The molecule has 0 aromatic rings. The second kappa shape index (κ2) is 6.95. The van der Waals surface area contributed by atoms with Crippen molar-refractivity contribution in [3.05, 3.63) is 23.8 Å². The van der Waals surface area contributed by atoms with Crippen LogP contribution in [0.5, 0.6) is 0 Å². The van der Waals surface area contributed by atoms with E-state index in [4.69, 9.17) is 9.47 Å². The fourth-order valence-corrected chi connectivity index (χ4v) is 7.60. The third-order valence-electron chi connectivity index (χ3n) is 8.96. The largest absolute Gasteiger partial charge is 0.466 e. The minimum atomic E-state index is -2.26. The van der Waals surface area contributed by atoms with Gasteiger partial charge in [-0.25, -0.2) is 13.6 Å². The van der Waals surface area contributed by atoms with Crippen molar-refractivity contribution in [2.75, 3.05) is 7.11 Å². The lowest BCUT2D eigenvalue weighted by Gasteiger charge is -2.63. The van der Waals surface area contributed by atoms with Crippen LogP contribution in [0.1, 0.15) is 47.0 Å². The zero-order valence-electron chi connectivity index (χ0n) is 19.0. The van der Waals surface area contributed by atoms with Gasteiger partial charge in [-0.3, -0.25) is 9.59 Å². The third kappa shape index (κ3) is 2.50. The van der Waals surface area contributed by atoms with Crippen molar-refractivity contribution < 1.29 is 37.7 Å². The van der Waals surface area contributed by atoms with Gasteiger partial charge in [0.15, 0.2) is 11.5 Å². The average Bonchev–Trinajstić information content (AvgIpc) is 2.92. The summed E-state index contributed by atoms with van der Waals surface area (Å²) in [7, 11) is 1.19. The van der Waals surface area contributed by atoms with E-state index in [1.807, 2.05) is 0 Å². The molecule has 4 rings (SSSR count). The van der Waals surface area contributed by atoms with Crippen molar-refractivity contribution in [2.45, 2.75) is 70.5 Å². The second-order valence-electron chi connectivity index (χ2n) is 10.3. The van der Waals surface area contributed by atoms with Crippen LogP contribution < -0.4 is 0 Å². The second-order valence-corrected chi connectivity index (χ2v) is 10.3. The van der Waals surface area contributed by atoms with Crippen molar-refractivity contribution in [3.63, 3.8) is 0 Å². The van der Waals surface area contributed by atoms with Crippen molar-refractivity contribution >= 4 is 17.7 Å². The number of esters is 2. The van der Waals surface area contributed by atoms with E-state index in [2.05, 4.69) is 0 Å². The van der Waals surface area contributed by atoms with Gasteiger partial charge in [-0.2, -0.15) is 0 Å². The number of rotatable bonds is 2. The number of aliphatic hydroxyl groups is 1. The average molecular weight is 452 g/mol. The molecule has 0 radical (unpaired) electrons. The van der Waals surface area contributed by atoms with Crippen LogP contribution in [-0.2, 0) is 23.9 Å². The Bertz CT molecular complexity index is 945. The quantitative estimate of drug-likeness (QED) is 0.648. The smallest absolute Gasteiger partial charge is 0.351 e. The normalized spacial score (nSPS) is 49.4. The molecule has 176 valence electrons. The summed E-state index contributed by atoms with van der Waals surface area (Å²) in [4.78, 5) is 37.0. The first-order valence-electron chi connectivity index (χ1n) is 11.0. The Morgan fingerprint density at radius 1 is 1.22 bits per heavy atom. The summed E-state index contributed by atoms with van der Waals surface area (Å²) < 4.78 is 43.2. The topological polar surface area (TPSA) is 89.9 Å². The fraction of sp³-hybridized carbons (Fsp3) is 0.708. The van der Waals surface area contributed by atoms with Gasteiger partial charge in [0, 0.05) is 29.6 Å². The fourth-order valence-electron chi connectivity index (χ4n) is 7.60. The van der Waals surface area contributed by atoms with Crippen LogP contribution in [0.25, 0.3) is 0 Å². The number of ether oxygens (including phenoxy) is 2. The molecular weight excluding hydrogens is 422 g/mol. The molecule has 0 aromatic carbocycles. The molecule has 9 atom stereocenters. The first kappa shape index (κ1) is 23.1. The molecule has 1 N–H and O–H groups in total. The van der Waals surface area contributed by atoms with E-state index in [-0.39, 0.29) is 18.4 Å². The molecule has 32 heavy (non-hydrogen) atoms. The number of ketones is 1. The lowest BCUT2D eigenvalue weighted by Crippen LogP contribution is -2.71. The monoisotopic (exact) mass is 452 g/mol. The number of hydrogen-bond acceptors (Lipinski definition) is 6.